The zero-order chi connectivity index (χ0) is 18.7. The molecule has 1 amide bonds. The summed E-state index contributed by atoms with van der Waals surface area (Å²) in [5, 5.41) is 3.77. The molecule has 1 N–H and O–H groups in total. The minimum atomic E-state index is -0.493. The highest BCUT2D eigenvalue weighted by Crippen LogP contribution is 2.40. The minimum Gasteiger partial charge on any atom is -0.480 e. The highest BCUT2D eigenvalue weighted by Gasteiger charge is 2.32. The van der Waals surface area contributed by atoms with Gasteiger partial charge in [-0.05, 0) is 30.9 Å². The molecule has 0 aliphatic carbocycles. The number of hydrogen-bond acceptors (Lipinski definition) is 7. The summed E-state index contributed by atoms with van der Waals surface area (Å²) in [6.07, 6.45) is 5.12. The van der Waals surface area contributed by atoms with Crippen molar-refractivity contribution in [3.63, 3.8) is 0 Å². The number of methoxy groups -OCH3 is 1. The fraction of sp³-hybridized carbons (Fsp3) is 0.278. The third kappa shape index (κ3) is 3.91. The summed E-state index contributed by atoms with van der Waals surface area (Å²) in [6, 6.07) is 3.56. The Morgan fingerprint density at radius 3 is 2.81 bits per heavy atom. The summed E-state index contributed by atoms with van der Waals surface area (Å²) in [4.78, 5) is 30.6. The number of aliphatic imine (C=N–C) groups is 1. The average molecular weight is 369 g/mol. The van der Waals surface area contributed by atoms with Crippen molar-refractivity contribution in [2.24, 2.45) is 4.99 Å². The first-order chi connectivity index (χ1) is 12.4. The number of rotatable bonds is 4. The van der Waals surface area contributed by atoms with Crippen molar-refractivity contribution in [2.75, 3.05) is 12.4 Å². The van der Waals surface area contributed by atoms with Crippen molar-refractivity contribution in [3.05, 3.63) is 53.6 Å². The summed E-state index contributed by atoms with van der Waals surface area (Å²) < 4.78 is 4.94. The maximum atomic E-state index is 12.4. The van der Waals surface area contributed by atoms with E-state index in [2.05, 4.69) is 26.8 Å². The van der Waals surface area contributed by atoms with Crippen LogP contribution in [-0.4, -0.2) is 33.0 Å². The van der Waals surface area contributed by atoms with Gasteiger partial charge >= 0.3 is 0 Å². The lowest BCUT2D eigenvalue weighted by atomic mass is 9.93. The molecule has 0 radical (unpaired) electrons. The van der Waals surface area contributed by atoms with Crippen molar-refractivity contribution < 1.29 is 9.53 Å². The van der Waals surface area contributed by atoms with E-state index in [-0.39, 0.29) is 11.6 Å². The average Bonchev–Trinajstić information content (AvgIpc) is 2.61. The normalized spacial score (nSPS) is 19.7. The molecule has 1 atom stereocenters. The number of nitrogens with zero attached hydrogens (tertiary/aromatic N) is 4. The predicted molar refractivity (Wildman–Crippen MR) is 103 cm³/mol. The Morgan fingerprint density at radius 2 is 2.15 bits per heavy atom. The molecule has 1 aliphatic rings. The number of carbonyl (C=O) groups is 1. The minimum absolute atomic E-state index is 0.201. The van der Waals surface area contributed by atoms with E-state index in [1.54, 1.807) is 24.0 Å². The fourth-order valence-electron chi connectivity index (χ4n) is 2.72. The maximum Gasteiger partial charge on any atom is 0.275 e. The smallest absolute Gasteiger partial charge is 0.275 e. The molecule has 26 heavy (non-hydrogen) atoms. The molecule has 0 saturated carbocycles. The van der Waals surface area contributed by atoms with Gasteiger partial charge < -0.3 is 10.1 Å². The van der Waals surface area contributed by atoms with Gasteiger partial charge in [0.15, 0.2) is 0 Å². The molecule has 0 unspecified atom stereocenters. The van der Waals surface area contributed by atoms with E-state index in [1.807, 2.05) is 19.9 Å². The highest BCUT2D eigenvalue weighted by molar-refractivity contribution is 8.17. The fourth-order valence-corrected chi connectivity index (χ4v) is 3.74. The lowest BCUT2D eigenvalue weighted by Gasteiger charge is -2.30. The number of hydrogen-bond donors (Lipinski definition) is 1. The number of carbonyl (C=O) groups excluding carboxylic acids is 1. The molecule has 0 aromatic carbocycles. The summed E-state index contributed by atoms with van der Waals surface area (Å²) in [5.74, 6) is -0.00458. The second-order valence-electron chi connectivity index (χ2n) is 6.05. The molecular weight excluding hydrogens is 350 g/mol. The van der Waals surface area contributed by atoms with Crippen LogP contribution in [0.4, 0.5) is 5.69 Å². The predicted octanol–water partition coefficient (Wildman–Crippen LogP) is 3.42. The van der Waals surface area contributed by atoms with E-state index in [9.17, 15) is 4.79 Å². The van der Waals surface area contributed by atoms with E-state index >= 15 is 0 Å². The van der Waals surface area contributed by atoms with Crippen molar-refractivity contribution in [1.29, 1.82) is 0 Å². The number of anilines is 1. The summed E-state index contributed by atoms with van der Waals surface area (Å²) in [5.41, 5.74) is 1.10. The molecule has 7 nitrogen and oxygen atoms in total. The number of aromatic nitrogens is 3. The van der Waals surface area contributed by atoms with E-state index < -0.39 is 5.54 Å². The maximum absolute atomic E-state index is 12.4. The first-order valence-electron chi connectivity index (χ1n) is 7.95. The molecule has 8 heteroatoms. The van der Waals surface area contributed by atoms with Crippen LogP contribution in [0.2, 0.25) is 0 Å². The van der Waals surface area contributed by atoms with E-state index in [4.69, 9.17) is 9.73 Å². The third-order valence-corrected chi connectivity index (χ3v) is 4.70. The molecule has 0 spiro atoms. The van der Waals surface area contributed by atoms with Gasteiger partial charge in [0.05, 0.1) is 30.2 Å². The van der Waals surface area contributed by atoms with E-state index in [0.717, 1.165) is 15.6 Å². The van der Waals surface area contributed by atoms with Crippen molar-refractivity contribution in [1.82, 2.24) is 15.0 Å². The summed E-state index contributed by atoms with van der Waals surface area (Å²) in [7, 11) is 1.49. The van der Waals surface area contributed by atoms with Gasteiger partial charge in [0.1, 0.15) is 11.2 Å². The van der Waals surface area contributed by atoms with Crippen LogP contribution in [0.25, 0.3) is 0 Å². The Hall–Kier alpha value is -2.74. The van der Waals surface area contributed by atoms with Crippen LogP contribution < -0.4 is 10.1 Å². The van der Waals surface area contributed by atoms with Gasteiger partial charge in [0.2, 0.25) is 5.88 Å². The lowest BCUT2D eigenvalue weighted by Crippen LogP contribution is -2.25. The molecule has 134 valence electrons. The zero-order valence-corrected chi connectivity index (χ0v) is 15.6. The monoisotopic (exact) mass is 369 g/mol. The number of pyridine rings is 1. The van der Waals surface area contributed by atoms with Gasteiger partial charge in [-0.15, -0.1) is 0 Å². The Labute approximate surface area is 156 Å². The number of ether oxygens (including phenoxy) is 1. The van der Waals surface area contributed by atoms with Gasteiger partial charge in [-0.3, -0.25) is 14.8 Å². The number of thioether (sulfide) groups is 1. The van der Waals surface area contributed by atoms with Gasteiger partial charge in [0, 0.05) is 18.3 Å². The molecule has 2 aromatic heterocycles. The summed E-state index contributed by atoms with van der Waals surface area (Å²) >= 11 is 1.59. The molecule has 0 saturated heterocycles. The van der Waals surface area contributed by atoms with Crippen molar-refractivity contribution in [2.45, 2.75) is 25.8 Å². The lowest BCUT2D eigenvalue weighted by molar-refractivity contribution is 0.102. The standard InChI is InChI=1S/C18H19N5O2S/c1-11-8-18(3,23-12(2)26-11)15-7-13(5-6-19-15)22-17(24)14-9-21-16(25-4)10-20-14/h5-7,9-10H,1,8H2,2-4H3,(H,19,22,24)/t18-/m0/s1. The summed E-state index contributed by atoms with van der Waals surface area (Å²) in [6.45, 7) is 8.05. The van der Waals surface area contributed by atoms with Crippen molar-refractivity contribution in [3.8, 4) is 5.88 Å². The highest BCUT2D eigenvalue weighted by atomic mass is 32.2. The topological polar surface area (TPSA) is 89.4 Å². The van der Waals surface area contributed by atoms with Gasteiger partial charge in [-0.2, -0.15) is 0 Å². The van der Waals surface area contributed by atoms with E-state index in [1.165, 1.54) is 19.5 Å². The third-order valence-electron chi connectivity index (χ3n) is 3.88. The Balaban J connectivity index is 1.82. The molecule has 0 bridgehead atoms. The molecule has 3 rings (SSSR count). The van der Waals surface area contributed by atoms with Crippen molar-refractivity contribution >= 4 is 28.4 Å². The van der Waals surface area contributed by atoms with Gasteiger partial charge in [0.25, 0.3) is 5.91 Å². The van der Waals surface area contributed by atoms with Crippen LogP contribution >= 0.6 is 11.8 Å². The molecule has 3 heterocycles. The second-order valence-corrected chi connectivity index (χ2v) is 7.42. The number of nitrogens with one attached hydrogen (secondary N) is 1. The van der Waals surface area contributed by atoms with Crippen LogP contribution in [0.5, 0.6) is 5.88 Å². The van der Waals surface area contributed by atoms with Crippen LogP contribution in [-0.2, 0) is 5.54 Å². The zero-order valence-electron chi connectivity index (χ0n) is 14.8. The largest absolute Gasteiger partial charge is 0.480 e. The van der Waals surface area contributed by atoms with Crippen LogP contribution in [0.3, 0.4) is 0 Å². The van der Waals surface area contributed by atoms with Gasteiger partial charge in [-0.25, -0.2) is 9.97 Å². The van der Waals surface area contributed by atoms with Crippen LogP contribution in [0, 0.1) is 0 Å². The molecular formula is C18H19N5O2S. The molecule has 1 aliphatic heterocycles. The Bertz CT molecular complexity index is 881. The number of amides is 1. The van der Waals surface area contributed by atoms with Gasteiger partial charge in [-0.1, -0.05) is 18.3 Å². The molecule has 2 aromatic rings. The Morgan fingerprint density at radius 1 is 1.35 bits per heavy atom. The second kappa shape index (κ2) is 7.25. The Kier molecular flexibility index (Phi) is 5.03. The SMILES string of the molecule is C=C1C[C@@](C)(c2cc(NC(=O)c3cnc(OC)cn3)ccn2)N=C(C)S1. The van der Waals surface area contributed by atoms with Crippen LogP contribution in [0.15, 0.2) is 47.2 Å². The first kappa shape index (κ1) is 18.1. The van der Waals surface area contributed by atoms with E-state index in [0.29, 0.717) is 18.0 Å². The van der Waals surface area contributed by atoms with Crippen LogP contribution in [0.1, 0.15) is 36.5 Å². The first-order valence-corrected chi connectivity index (χ1v) is 8.77. The molecule has 0 fully saturated rings. The quantitative estimate of drug-likeness (QED) is 0.888.